The fourth-order valence-corrected chi connectivity index (χ4v) is 2.28. The third-order valence-corrected chi connectivity index (χ3v) is 3.61. The molecule has 0 spiro atoms. The highest BCUT2D eigenvalue weighted by molar-refractivity contribution is 7.10. The summed E-state index contributed by atoms with van der Waals surface area (Å²) in [6.45, 7) is 0.114. The largest absolute Gasteiger partial charge is 0.497 e. The average molecular weight is 336 g/mol. The number of methoxy groups -OCH3 is 1. The molecule has 1 heterocycles. The summed E-state index contributed by atoms with van der Waals surface area (Å²) in [7, 11) is 3.09. The second kappa shape index (κ2) is 7.54. The summed E-state index contributed by atoms with van der Waals surface area (Å²) >= 11 is 1.05. The van der Waals surface area contributed by atoms with Crippen molar-refractivity contribution < 1.29 is 19.4 Å². The second-order valence-corrected chi connectivity index (χ2v) is 5.40. The molecule has 9 heteroatoms. The highest BCUT2D eigenvalue weighted by Crippen LogP contribution is 2.24. The third kappa shape index (κ3) is 4.65. The van der Waals surface area contributed by atoms with Crippen LogP contribution in [0.3, 0.4) is 0 Å². The van der Waals surface area contributed by atoms with E-state index in [9.17, 15) is 9.59 Å². The lowest BCUT2D eigenvalue weighted by molar-refractivity contribution is -0.137. The maximum absolute atomic E-state index is 11.9. The van der Waals surface area contributed by atoms with Crippen LogP contribution >= 0.6 is 11.5 Å². The molecule has 2 rings (SSSR count). The van der Waals surface area contributed by atoms with Crippen LogP contribution in [0.5, 0.6) is 5.75 Å². The number of amides is 2. The Bertz CT molecular complexity index is 704. The zero-order valence-corrected chi connectivity index (χ0v) is 13.5. The van der Waals surface area contributed by atoms with Crippen LogP contribution in [0.25, 0.3) is 11.4 Å². The van der Waals surface area contributed by atoms with Crippen molar-refractivity contribution in [2.45, 2.75) is 6.42 Å². The van der Waals surface area contributed by atoms with Crippen LogP contribution in [0.15, 0.2) is 24.3 Å². The molecule has 122 valence electrons. The topological polar surface area (TPSA) is 105 Å². The smallest absolute Gasteiger partial charge is 0.323 e. The number of hydrogen-bond donors (Lipinski definition) is 2. The Kier molecular flexibility index (Phi) is 5.47. The molecular formula is C14H16N4O4S. The van der Waals surface area contributed by atoms with Gasteiger partial charge in [-0.25, -0.2) is 4.79 Å². The van der Waals surface area contributed by atoms with Gasteiger partial charge in [0.05, 0.1) is 13.5 Å². The van der Waals surface area contributed by atoms with Crippen LogP contribution in [-0.2, 0) is 4.79 Å². The predicted octanol–water partition coefficient (Wildman–Crippen LogP) is 2.15. The van der Waals surface area contributed by atoms with Gasteiger partial charge in [0.1, 0.15) is 5.75 Å². The molecule has 0 aliphatic carbocycles. The van der Waals surface area contributed by atoms with Crippen molar-refractivity contribution in [2.75, 3.05) is 26.0 Å². The van der Waals surface area contributed by atoms with Crippen molar-refractivity contribution in [3.63, 3.8) is 0 Å². The van der Waals surface area contributed by atoms with Gasteiger partial charge in [0.25, 0.3) is 0 Å². The summed E-state index contributed by atoms with van der Waals surface area (Å²) in [5.74, 6) is 0.217. The average Bonchev–Trinajstić information content (AvgIpc) is 3.01. The minimum Gasteiger partial charge on any atom is -0.497 e. The third-order valence-electron chi connectivity index (χ3n) is 2.98. The lowest BCUT2D eigenvalue weighted by atomic mass is 10.2. The standard InChI is InChI=1S/C14H16N4O4S/c1-18(7-6-11(19)20)14(21)16-13-15-12(17-23-13)9-4-3-5-10(8-9)22-2/h3-5,8H,6-7H2,1-2H3,(H,19,20)(H,15,16,17,21). The van der Waals surface area contributed by atoms with Gasteiger partial charge in [0.2, 0.25) is 5.13 Å². The minimum absolute atomic E-state index is 0.114. The van der Waals surface area contributed by atoms with Gasteiger partial charge < -0.3 is 14.7 Å². The van der Waals surface area contributed by atoms with Crippen LogP contribution in [0.1, 0.15) is 6.42 Å². The number of carbonyl (C=O) groups excluding carboxylic acids is 1. The van der Waals surface area contributed by atoms with Crippen LogP contribution in [0.2, 0.25) is 0 Å². The number of urea groups is 1. The molecular weight excluding hydrogens is 320 g/mol. The van der Waals surface area contributed by atoms with Crippen LogP contribution in [0, 0.1) is 0 Å². The van der Waals surface area contributed by atoms with E-state index in [0.29, 0.717) is 16.7 Å². The fourth-order valence-electron chi connectivity index (χ4n) is 1.71. The zero-order chi connectivity index (χ0) is 16.8. The molecule has 0 aliphatic heterocycles. The van der Waals surface area contributed by atoms with Crippen molar-refractivity contribution in [3.05, 3.63) is 24.3 Å². The molecule has 2 aromatic rings. The molecule has 2 N–H and O–H groups in total. The van der Waals surface area contributed by atoms with Crippen LogP contribution in [-0.4, -0.2) is 52.1 Å². The SMILES string of the molecule is COc1cccc(-c2nsc(NC(=O)N(C)CCC(=O)O)n2)c1. The summed E-state index contributed by atoms with van der Waals surface area (Å²) in [6, 6.07) is 6.85. The number of rotatable bonds is 6. The Labute approximate surface area is 136 Å². The number of carboxylic acids is 1. The number of nitrogens with zero attached hydrogens (tertiary/aromatic N) is 3. The van der Waals surface area contributed by atoms with Crippen molar-refractivity contribution >= 4 is 28.7 Å². The summed E-state index contributed by atoms with van der Waals surface area (Å²) < 4.78 is 9.34. The summed E-state index contributed by atoms with van der Waals surface area (Å²) in [4.78, 5) is 27.9. The summed E-state index contributed by atoms with van der Waals surface area (Å²) in [5, 5.41) is 11.6. The van der Waals surface area contributed by atoms with Gasteiger partial charge in [0.15, 0.2) is 5.82 Å². The number of ether oxygens (including phenoxy) is 1. The molecule has 0 aliphatic rings. The Morgan fingerprint density at radius 3 is 2.91 bits per heavy atom. The highest BCUT2D eigenvalue weighted by atomic mass is 32.1. The number of aromatic nitrogens is 2. The summed E-state index contributed by atoms with van der Waals surface area (Å²) in [5.41, 5.74) is 0.778. The number of anilines is 1. The molecule has 0 fully saturated rings. The molecule has 0 bridgehead atoms. The van der Waals surface area contributed by atoms with Gasteiger partial charge in [-0.3, -0.25) is 10.1 Å². The van der Waals surface area contributed by atoms with Crippen molar-refractivity contribution in [3.8, 4) is 17.1 Å². The molecule has 8 nitrogen and oxygen atoms in total. The van der Waals surface area contributed by atoms with E-state index in [4.69, 9.17) is 9.84 Å². The molecule has 0 radical (unpaired) electrons. The minimum atomic E-state index is -0.958. The van der Waals surface area contributed by atoms with E-state index in [1.54, 1.807) is 13.2 Å². The quantitative estimate of drug-likeness (QED) is 0.837. The summed E-state index contributed by atoms with van der Waals surface area (Å²) in [6.07, 6.45) is -0.116. The molecule has 0 atom stereocenters. The Balaban J connectivity index is 2.01. The van der Waals surface area contributed by atoms with E-state index in [1.807, 2.05) is 18.2 Å². The van der Waals surface area contributed by atoms with Crippen molar-refractivity contribution in [2.24, 2.45) is 0 Å². The van der Waals surface area contributed by atoms with Gasteiger partial charge in [-0.15, -0.1) is 0 Å². The Hall–Kier alpha value is -2.68. The molecule has 0 saturated carbocycles. The van der Waals surface area contributed by atoms with Crippen molar-refractivity contribution in [1.82, 2.24) is 14.3 Å². The van der Waals surface area contributed by atoms with Gasteiger partial charge in [-0.05, 0) is 12.1 Å². The number of aliphatic carboxylic acids is 1. The van der Waals surface area contributed by atoms with Crippen LogP contribution < -0.4 is 10.1 Å². The van der Waals surface area contributed by atoms with E-state index in [2.05, 4.69) is 14.7 Å². The monoisotopic (exact) mass is 336 g/mol. The maximum atomic E-state index is 11.9. The first-order chi connectivity index (χ1) is 11.0. The van der Waals surface area contributed by atoms with Gasteiger partial charge in [0, 0.05) is 30.7 Å². The number of carboxylic acid groups (broad SMARTS) is 1. The lowest BCUT2D eigenvalue weighted by Gasteiger charge is -2.15. The number of benzene rings is 1. The van der Waals surface area contributed by atoms with E-state index < -0.39 is 12.0 Å². The van der Waals surface area contributed by atoms with E-state index in [0.717, 1.165) is 17.1 Å². The van der Waals surface area contributed by atoms with Crippen molar-refractivity contribution in [1.29, 1.82) is 0 Å². The highest BCUT2D eigenvalue weighted by Gasteiger charge is 2.14. The van der Waals surface area contributed by atoms with Gasteiger partial charge in [-0.2, -0.15) is 9.36 Å². The van der Waals surface area contributed by atoms with E-state index >= 15 is 0 Å². The first kappa shape index (κ1) is 16.7. The Morgan fingerprint density at radius 2 is 2.22 bits per heavy atom. The molecule has 2 amide bonds. The molecule has 0 saturated heterocycles. The predicted molar refractivity (Wildman–Crippen MR) is 85.8 cm³/mol. The normalized spacial score (nSPS) is 10.2. The second-order valence-electron chi connectivity index (χ2n) is 4.65. The molecule has 1 aromatic carbocycles. The first-order valence-corrected chi connectivity index (χ1v) is 7.49. The Morgan fingerprint density at radius 1 is 1.43 bits per heavy atom. The zero-order valence-electron chi connectivity index (χ0n) is 12.6. The van der Waals surface area contributed by atoms with Gasteiger partial charge in [-0.1, -0.05) is 12.1 Å². The first-order valence-electron chi connectivity index (χ1n) is 6.71. The fraction of sp³-hybridized carbons (Fsp3) is 0.286. The van der Waals surface area contributed by atoms with Crippen LogP contribution in [0.4, 0.5) is 9.93 Å². The lowest BCUT2D eigenvalue weighted by Crippen LogP contribution is -2.33. The maximum Gasteiger partial charge on any atom is 0.323 e. The van der Waals surface area contributed by atoms with Gasteiger partial charge >= 0.3 is 12.0 Å². The number of nitrogens with one attached hydrogen (secondary N) is 1. The number of hydrogen-bond acceptors (Lipinski definition) is 6. The molecule has 23 heavy (non-hydrogen) atoms. The molecule has 0 unspecified atom stereocenters. The number of carbonyl (C=O) groups is 2. The molecule has 1 aromatic heterocycles. The van der Waals surface area contributed by atoms with E-state index in [1.165, 1.54) is 11.9 Å². The van der Waals surface area contributed by atoms with E-state index in [-0.39, 0.29) is 13.0 Å².